The number of alkyl halides is 6. The number of carbonyl (C=O) groups excluding carboxylic acids is 2. The molecule has 1 aromatic carbocycles. The van der Waals surface area contributed by atoms with Gasteiger partial charge in [-0.3, -0.25) is 9.59 Å². The van der Waals surface area contributed by atoms with E-state index in [1.54, 1.807) is 0 Å². The standard InChI is InChI=1S/C18H13F6N7O4/c1-8(15-28-7-29-31(15)13-5-12(14(25)32)26-6-27-13)30-16(33)9-2-10(34-17(19,20)21)4-11(3-9)35-18(22,23)24/h2-8H,1H3,(H2,25,32)(H,30,33)/t8-/m0/s1. The summed E-state index contributed by atoms with van der Waals surface area (Å²) in [6.07, 6.45) is -8.37. The largest absolute Gasteiger partial charge is 0.573 e. The van der Waals surface area contributed by atoms with Crippen LogP contribution in [-0.4, -0.2) is 49.3 Å². The van der Waals surface area contributed by atoms with Crippen molar-refractivity contribution < 1.29 is 45.4 Å². The van der Waals surface area contributed by atoms with Crippen molar-refractivity contribution in [3.8, 4) is 17.3 Å². The molecule has 35 heavy (non-hydrogen) atoms. The van der Waals surface area contributed by atoms with Gasteiger partial charge in [-0.25, -0.2) is 15.0 Å². The van der Waals surface area contributed by atoms with Crippen LogP contribution in [0.4, 0.5) is 26.3 Å². The Kier molecular flexibility index (Phi) is 6.79. The van der Waals surface area contributed by atoms with Gasteiger partial charge in [-0.15, -0.1) is 26.3 Å². The van der Waals surface area contributed by atoms with Crippen molar-refractivity contribution in [2.45, 2.75) is 25.7 Å². The summed E-state index contributed by atoms with van der Waals surface area (Å²) in [4.78, 5) is 35.5. The van der Waals surface area contributed by atoms with Gasteiger partial charge >= 0.3 is 12.7 Å². The van der Waals surface area contributed by atoms with E-state index >= 15 is 0 Å². The fourth-order valence-corrected chi connectivity index (χ4v) is 2.75. The van der Waals surface area contributed by atoms with E-state index in [9.17, 15) is 35.9 Å². The summed E-state index contributed by atoms with van der Waals surface area (Å²) in [5.74, 6) is -4.08. The van der Waals surface area contributed by atoms with Crippen LogP contribution in [0.1, 0.15) is 39.6 Å². The maximum absolute atomic E-state index is 12.6. The van der Waals surface area contributed by atoms with Crippen molar-refractivity contribution in [3.05, 3.63) is 54.0 Å². The minimum absolute atomic E-state index is 0.0435. The monoisotopic (exact) mass is 505 g/mol. The zero-order chi connectivity index (χ0) is 26.0. The molecule has 0 unspecified atom stereocenters. The molecule has 0 fully saturated rings. The summed E-state index contributed by atoms with van der Waals surface area (Å²) in [5, 5.41) is 6.27. The van der Waals surface area contributed by atoms with Gasteiger partial charge in [-0.2, -0.15) is 9.78 Å². The number of hydrogen-bond donors (Lipinski definition) is 2. The number of nitrogens with zero attached hydrogens (tertiary/aromatic N) is 5. The lowest BCUT2D eigenvalue weighted by Crippen LogP contribution is -2.29. The number of rotatable bonds is 7. The maximum atomic E-state index is 12.6. The Morgan fingerprint density at radius 2 is 1.54 bits per heavy atom. The molecule has 0 bridgehead atoms. The normalized spacial score (nSPS) is 12.7. The topological polar surface area (TPSA) is 147 Å². The van der Waals surface area contributed by atoms with Crippen LogP contribution in [0.3, 0.4) is 0 Å². The Hall–Kier alpha value is -4.44. The van der Waals surface area contributed by atoms with E-state index in [1.807, 2.05) is 0 Å². The summed E-state index contributed by atoms with van der Waals surface area (Å²) >= 11 is 0. The molecular formula is C18H13F6N7O4. The number of nitrogens with two attached hydrogens (primary N) is 1. The van der Waals surface area contributed by atoms with Gasteiger partial charge in [0.15, 0.2) is 11.6 Å². The molecule has 0 aliphatic rings. The van der Waals surface area contributed by atoms with E-state index in [0.29, 0.717) is 18.2 Å². The number of halogens is 6. The Balaban J connectivity index is 1.88. The summed E-state index contributed by atoms with van der Waals surface area (Å²) in [6, 6.07) is 1.66. The molecule has 1 atom stereocenters. The van der Waals surface area contributed by atoms with Crippen LogP contribution in [0.15, 0.2) is 36.9 Å². The molecule has 11 nitrogen and oxygen atoms in total. The number of amides is 2. The number of nitrogens with one attached hydrogen (secondary N) is 1. The van der Waals surface area contributed by atoms with Gasteiger partial charge < -0.3 is 20.5 Å². The first-order chi connectivity index (χ1) is 16.2. The van der Waals surface area contributed by atoms with Gasteiger partial charge in [-0.1, -0.05) is 0 Å². The van der Waals surface area contributed by atoms with Gasteiger partial charge in [-0.05, 0) is 19.1 Å². The van der Waals surface area contributed by atoms with Gasteiger partial charge in [0.2, 0.25) is 0 Å². The SMILES string of the molecule is C[C@H](NC(=O)c1cc(OC(F)(F)F)cc(OC(F)(F)F)c1)c1ncnn1-c1cc(C(N)=O)ncn1. The average Bonchev–Trinajstić information content (AvgIpc) is 3.21. The van der Waals surface area contributed by atoms with Crippen LogP contribution in [0.5, 0.6) is 11.5 Å². The van der Waals surface area contributed by atoms with Gasteiger partial charge in [0, 0.05) is 17.7 Å². The minimum Gasteiger partial charge on any atom is -0.406 e. The average molecular weight is 505 g/mol. The molecular weight excluding hydrogens is 492 g/mol. The third kappa shape index (κ3) is 6.78. The molecule has 186 valence electrons. The maximum Gasteiger partial charge on any atom is 0.573 e. The molecule has 3 rings (SSSR count). The fourth-order valence-electron chi connectivity index (χ4n) is 2.75. The zero-order valence-corrected chi connectivity index (χ0v) is 17.3. The van der Waals surface area contributed by atoms with E-state index in [0.717, 1.165) is 17.3 Å². The molecule has 0 spiro atoms. The zero-order valence-electron chi connectivity index (χ0n) is 17.3. The Bertz CT molecular complexity index is 1210. The third-order valence-electron chi connectivity index (χ3n) is 4.04. The van der Waals surface area contributed by atoms with E-state index in [1.165, 1.54) is 13.0 Å². The summed E-state index contributed by atoms with van der Waals surface area (Å²) < 4.78 is 83.8. The smallest absolute Gasteiger partial charge is 0.406 e. The van der Waals surface area contributed by atoms with Crippen LogP contribution in [0.25, 0.3) is 5.82 Å². The molecule has 2 heterocycles. The highest BCUT2D eigenvalue weighted by Crippen LogP contribution is 2.31. The highest BCUT2D eigenvalue weighted by atomic mass is 19.4. The minimum atomic E-state index is -5.24. The molecule has 2 amide bonds. The lowest BCUT2D eigenvalue weighted by molar-refractivity contribution is -0.276. The summed E-state index contributed by atoms with van der Waals surface area (Å²) in [5.41, 5.74) is 4.39. The number of benzene rings is 1. The molecule has 3 N–H and O–H groups in total. The third-order valence-corrected chi connectivity index (χ3v) is 4.04. The van der Waals surface area contributed by atoms with Gasteiger partial charge in [0.1, 0.15) is 29.8 Å². The first kappa shape index (κ1) is 25.2. The molecule has 0 saturated carbocycles. The van der Waals surface area contributed by atoms with Crippen molar-refractivity contribution in [2.24, 2.45) is 5.73 Å². The second-order valence-corrected chi connectivity index (χ2v) is 6.64. The molecule has 0 saturated heterocycles. The first-order valence-corrected chi connectivity index (χ1v) is 9.21. The molecule has 2 aromatic heterocycles. The van der Waals surface area contributed by atoms with Crippen LogP contribution in [0, 0.1) is 0 Å². The summed E-state index contributed by atoms with van der Waals surface area (Å²) in [7, 11) is 0. The second kappa shape index (κ2) is 9.43. The fraction of sp³-hybridized carbons (Fsp3) is 0.222. The van der Waals surface area contributed by atoms with Crippen LogP contribution < -0.4 is 20.5 Å². The number of hydrogen-bond acceptors (Lipinski definition) is 8. The highest BCUT2D eigenvalue weighted by Gasteiger charge is 2.34. The van der Waals surface area contributed by atoms with Crippen LogP contribution >= 0.6 is 0 Å². The predicted molar refractivity (Wildman–Crippen MR) is 101 cm³/mol. The quantitative estimate of drug-likeness (QED) is 0.466. The van der Waals surface area contributed by atoms with E-state index in [-0.39, 0.29) is 17.3 Å². The Labute approximate surface area is 190 Å². The first-order valence-electron chi connectivity index (χ1n) is 9.21. The lowest BCUT2D eigenvalue weighted by atomic mass is 10.1. The molecule has 0 radical (unpaired) electrons. The van der Waals surface area contributed by atoms with Gasteiger partial charge in [0.05, 0.1) is 6.04 Å². The van der Waals surface area contributed by atoms with Crippen molar-refractivity contribution >= 4 is 11.8 Å². The predicted octanol–water partition coefficient (Wildman–Crippen LogP) is 2.44. The van der Waals surface area contributed by atoms with E-state index in [2.05, 4.69) is 34.8 Å². The Morgan fingerprint density at radius 1 is 0.943 bits per heavy atom. The lowest BCUT2D eigenvalue weighted by Gasteiger charge is -2.17. The number of primary amides is 1. The molecule has 0 aliphatic heterocycles. The van der Waals surface area contributed by atoms with Crippen molar-refractivity contribution in [3.63, 3.8) is 0 Å². The van der Waals surface area contributed by atoms with Crippen molar-refractivity contribution in [2.75, 3.05) is 0 Å². The van der Waals surface area contributed by atoms with E-state index in [4.69, 9.17) is 5.73 Å². The van der Waals surface area contributed by atoms with E-state index < -0.39 is 47.6 Å². The second-order valence-electron chi connectivity index (χ2n) is 6.64. The molecule has 3 aromatic rings. The summed E-state index contributed by atoms with van der Waals surface area (Å²) in [6.45, 7) is 1.40. The molecule has 0 aliphatic carbocycles. The van der Waals surface area contributed by atoms with Crippen LogP contribution in [0.2, 0.25) is 0 Å². The Morgan fingerprint density at radius 3 is 2.09 bits per heavy atom. The van der Waals surface area contributed by atoms with Crippen molar-refractivity contribution in [1.82, 2.24) is 30.0 Å². The number of carbonyl (C=O) groups is 2. The molecule has 17 heteroatoms. The number of aromatic nitrogens is 5. The van der Waals surface area contributed by atoms with Crippen LogP contribution in [-0.2, 0) is 0 Å². The number of ether oxygens (including phenoxy) is 2. The highest BCUT2D eigenvalue weighted by molar-refractivity contribution is 5.95. The van der Waals surface area contributed by atoms with Crippen molar-refractivity contribution in [1.29, 1.82) is 0 Å². The van der Waals surface area contributed by atoms with Gasteiger partial charge in [0.25, 0.3) is 11.8 Å².